The zero-order chi connectivity index (χ0) is 12.7. The fourth-order valence-electron chi connectivity index (χ4n) is 1.99. The molecule has 1 N–H and O–H groups in total. The van der Waals surface area contributed by atoms with Crippen LogP contribution in [0.25, 0.3) is 0 Å². The Labute approximate surface area is 102 Å². The number of amides is 2. The van der Waals surface area contributed by atoms with Gasteiger partial charge in [0.05, 0.1) is 6.61 Å². The number of likely N-dealkylation sites (tertiary alicyclic amines) is 1. The van der Waals surface area contributed by atoms with E-state index in [1.807, 2.05) is 6.92 Å². The number of nitrogens with zero attached hydrogens (tertiary/aromatic N) is 1. The van der Waals surface area contributed by atoms with Crippen LogP contribution in [0.1, 0.15) is 39.5 Å². The number of rotatable bonds is 4. The van der Waals surface area contributed by atoms with E-state index in [1.165, 1.54) is 0 Å². The molecule has 1 atom stereocenters. The van der Waals surface area contributed by atoms with Crippen LogP contribution in [-0.2, 0) is 9.53 Å². The van der Waals surface area contributed by atoms with Gasteiger partial charge in [-0.3, -0.25) is 0 Å². The molecule has 17 heavy (non-hydrogen) atoms. The molecule has 1 aliphatic rings. The van der Waals surface area contributed by atoms with Crippen LogP contribution in [0.3, 0.4) is 0 Å². The van der Waals surface area contributed by atoms with Crippen LogP contribution in [-0.4, -0.2) is 42.6 Å². The molecule has 0 spiro atoms. The van der Waals surface area contributed by atoms with Gasteiger partial charge >= 0.3 is 12.0 Å². The van der Waals surface area contributed by atoms with Gasteiger partial charge in [0.15, 0.2) is 0 Å². The minimum absolute atomic E-state index is 0.149. The summed E-state index contributed by atoms with van der Waals surface area (Å²) in [7, 11) is 0. The first-order chi connectivity index (χ1) is 8.20. The summed E-state index contributed by atoms with van der Waals surface area (Å²) in [4.78, 5) is 25.2. The van der Waals surface area contributed by atoms with Crippen molar-refractivity contribution in [2.75, 3.05) is 19.7 Å². The van der Waals surface area contributed by atoms with Crippen molar-refractivity contribution in [2.45, 2.75) is 45.6 Å². The maximum absolute atomic E-state index is 11.9. The molecule has 1 saturated heterocycles. The molecule has 5 heteroatoms. The molecule has 0 radical (unpaired) electrons. The molecule has 5 nitrogen and oxygen atoms in total. The average molecular weight is 242 g/mol. The summed E-state index contributed by atoms with van der Waals surface area (Å²) in [6.07, 6.45) is 3.53. The van der Waals surface area contributed by atoms with Crippen molar-refractivity contribution in [3.8, 4) is 0 Å². The molecule has 98 valence electrons. The smallest absolute Gasteiger partial charge is 0.328 e. The standard InChI is InChI=1S/C12H22N2O3/c1-3-8-13-12(16)14-9-6-5-7-10(14)11(15)17-4-2/h10H,3-9H2,1-2H3,(H,13,16). The van der Waals surface area contributed by atoms with Gasteiger partial charge in [0, 0.05) is 13.1 Å². The van der Waals surface area contributed by atoms with Gasteiger partial charge in [-0.2, -0.15) is 0 Å². The quantitative estimate of drug-likeness (QED) is 0.760. The molecule has 0 aromatic carbocycles. The molecule has 1 rings (SSSR count). The molecule has 0 aromatic rings. The maximum atomic E-state index is 11.9. The minimum atomic E-state index is -0.402. The van der Waals surface area contributed by atoms with E-state index in [0.717, 1.165) is 19.3 Å². The Morgan fingerprint density at radius 2 is 2.12 bits per heavy atom. The van der Waals surface area contributed by atoms with Gasteiger partial charge in [0.25, 0.3) is 0 Å². The molecule has 0 saturated carbocycles. The van der Waals surface area contributed by atoms with Crippen LogP contribution in [0.15, 0.2) is 0 Å². The van der Waals surface area contributed by atoms with Crippen molar-refractivity contribution < 1.29 is 14.3 Å². The third-order valence-electron chi connectivity index (χ3n) is 2.85. The molecule has 1 unspecified atom stereocenters. The molecule has 0 bridgehead atoms. The number of hydrogen-bond donors (Lipinski definition) is 1. The number of carbonyl (C=O) groups is 2. The summed E-state index contributed by atoms with van der Waals surface area (Å²) < 4.78 is 5.01. The van der Waals surface area contributed by atoms with Gasteiger partial charge in [0.1, 0.15) is 6.04 Å². The van der Waals surface area contributed by atoms with E-state index < -0.39 is 6.04 Å². The Balaban J connectivity index is 2.58. The van der Waals surface area contributed by atoms with Crippen molar-refractivity contribution in [1.82, 2.24) is 10.2 Å². The molecule has 2 amide bonds. The Hall–Kier alpha value is -1.26. The first-order valence-electron chi connectivity index (χ1n) is 6.41. The second kappa shape index (κ2) is 7.14. The van der Waals surface area contributed by atoms with E-state index in [-0.39, 0.29) is 12.0 Å². The van der Waals surface area contributed by atoms with Crippen molar-refractivity contribution in [1.29, 1.82) is 0 Å². The Bertz CT molecular complexity index is 268. The Kier molecular flexibility index (Phi) is 5.80. The summed E-state index contributed by atoms with van der Waals surface area (Å²) in [5, 5.41) is 2.81. The van der Waals surface area contributed by atoms with E-state index in [4.69, 9.17) is 4.74 Å². The largest absolute Gasteiger partial charge is 0.464 e. The average Bonchev–Trinajstić information content (AvgIpc) is 2.36. The Morgan fingerprint density at radius 1 is 1.35 bits per heavy atom. The van der Waals surface area contributed by atoms with Crippen molar-refractivity contribution in [2.24, 2.45) is 0 Å². The van der Waals surface area contributed by atoms with E-state index in [1.54, 1.807) is 11.8 Å². The fraction of sp³-hybridized carbons (Fsp3) is 0.833. The first kappa shape index (κ1) is 13.8. The normalized spacial score (nSPS) is 19.9. The topological polar surface area (TPSA) is 58.6 Å². The number of hydrogen-bond acceptors (Lipinski definition) is 3. The lowest BCUT2D eigenvalue weighted by atomic mass is 10.0. The van der Waals surface area contributed by atoms with Gasteiger partial charge < -0.3 is 15.0 Å². The highest BCUT2D eigenvalue weighted by atomic mass is 16.5. The highest BCUT2D eigenvalue weighted by Crippen LogP contribution is 2.18. The molecular formula is C12H22N2O3. The monoisotopic (exact) mass is 242 g/mol. The third kappa shape index (κ3) is 3.91. The van der Waals surface area contributed by atoms with Gasteiger partial charge in [-0.25, -0.2) is 9.59 Å². The van der Waals surface area contributed by atoms with Crippen molar-refractivity contribution in [3.05, 3.63) is 0 Å². The van der Waals surface area contributed by atoms with Gasteiger partial charge in [-0.1, -0.05) is 6.92 Å². The summed E-state index contributed by atoms with van der Waals surface area (Å²) in [5.41, 5.74) is 0. The van der Waals surface area contributed by atoms with Crippen LogP contribution >= 0.6 is 0 Å². The second-order valence-electron chi connectivity index (χ2n) is 4.19. The molecule has 1 aliphatic heterocycles. The van der Waals surface area contributed by atoms with E-state index in [0.29, 0.717) is 26.1 Å². The summed E-state index contributed by atoms with van der Waals surface area (Å²) >= 11 is 0. The maximum Gasteiger partial charge on any atom is 0.328 e. The van der Waals surface area contributed by atoms with Gasteiger partial charge in [-0.15, -0.1) is 0 Å². The lowest BCUT2D eigenvalue weighted by Gasteiger charge is -2.33. The summed E-state index contributed by atoms with van der Waals surface area (Å²) in [6.45, 7) is 5.42. The minimum Gasteiger partial charge on any atom is -0.464 e. The fourth-order valence-corrected chi connectivity index (χ4v) is 1.99. The van der Waals surface area contributed by atoms with Gasteiger partial charge in [0.2, 0.25) is 0 Å². The Morgan fingerprint density at radius 3 is 2.76 bits per heavy atom. The van der Waals surface area contributed by atoms with Crippen molar-refractivity contribution >= 4 is 12.0 Å². The number of carbonyl (C=O) groups excluding carboxylic acids is 2. The number of ether oxygens (including phenoxy) is 1. The predicted octanol–water partition coefficient (Wildman–Crippen LogP) is 1.52. The molecular weight excluding hydrogens is 220 g/mol. The zero-order valence-electron chi connectivity index (χ0n) is 10.7. The summed E-state index contributed by atoms with van der Waals surface area (Å²) in [6, 6.07) is -0.551. The van der Waals surface area contributed by atoms with Crippen LogP contribution < -0.4 is 5.32 Å². The molecule has 0 aliphatic carbocycles. The number of esters is 1. The predicted molar refractivity (Wildman–Crippen MR) is 64.7 cm³/mol. The van der Waals surface area contributed by atoms with E-state index >= 15 is 0 Å². The number of urea groups is 1. The SMILES string of the molecule is CCCNC(=O)N1CCCCC1C(=O)OCC. The van der Waals surface area contributed by atoms with Crippen LogP contribution in [0.4, 0.5) is 4.79 Å². The van der Waals surface area contributed by atoms with Crippen LogP contribution in [0.2, 0.25) is 0 Å². The van der Waals surface area contributed by atoms with E-state index in [2.05, 4.69) is 5.32 Å². The molecule has 0 aromatic heterocycles. The zero-order valence-corrected chi connectivity index (χ0v) is 10.7. The molecule has 1 fully saturated rings. The lowest BCUT2D eigenvalue weighted by molar-refractivity contribution is -0.149. The lowest BCUT2D eigenvalue weighted by Crippen LogP contribution is -2.52. The molecule has 1 heterocycles. The number of piperidine rings is 1. The van der Waals surface area contributed by atoms with Crippen LogP contribution in [0.5, 0.6) is 0 Å². The van der Waals surface area contributed by atoms with E-state index in [9.17, 15) is 9.59 Å². The summed E-state index contributed by atoms with van der Waals surface area (Å²) in [5.74, 6) is -0.279. The third-order valence-corrected chi connectivity index (χ3v) is 2.85. The van der Waals surface area contributed by atoms with Crippen LogP contribution in [0, 0.1) is 0 Å². The van der Waals surface area contributed by atoms with Crippen molar-refractivity contribution in [3.63, 3.8) is 0 Å². The first-order valence-corrected chi connectivity index (χ1v) is 6.41. The number of nitrogens with one attached hydrogen (secondary N) is 1. The van der Waals surface area contributed by atoms with Gasteiger partial charge in [-0.05, 0) is 32.6 Å². The second-order valence-corrected chi connectivity index (χ2v) is 4.19. The highest BCUT2D eigenvalue weighted by molar-refractivity contribution is 5.83. The highest BCUT2D eigenvalue weighted by Gasteiger charge is 2.32.